The summed E-state index contributed by atoms with van der Waals surface area (Å²) in [6.07, 6.45) is 0. The summed E-state index contributed by atoms with van der Waals surface area (Å²) < 4.78 is 0. The van der Waals surface area contributed by atoms with Gasteiger partial charge in [-0.15, -0.1) is 0 Å². The standard InChI is InChI=1S/C15H17N/c1-9-10(2)15(16)13-8-7-11-5-3-4-6-12(11)14(9)13/h3-10,15H,16H2,1-2H3. The minimum atomic E-state index is 0.203. The molecular formula is C15H17N. The van der Waals surface area contributed by atoms with Crippen molar-refractivity contribution in [2.45, 2.75) is 25.8 Å². The Morgan fingerprint density at radius 2 is 1.75 bits per heavy atom. The van der Waals surface area contributed by atoms with E-state index >= 15 is 0 Å². The van der Waals surface area contributed by atoms with Crippen LogP contribution < -0.4 is 5.73 Å². The van der Waals surface area contributed by atoms with Gasteiger partial charge in [0, 0.05) is 6.04 Å². The Morgan fingerprint density at radius 1 is 1.00 bits per heavy atom. The first-order valence-corrected chi connectivity index (χ1v) is 5.97. The van der Waals surface area contributed by atoms with Crippen molar-refractivity contribution >= 4 is 10.8 Å². The molecule has 0 radical (unpaired) electrons. The minimum absolute atomic E-state index is 0.203. The molecule has 0 heterocycles. The van der Waals surface area contributed by atoms with Crippen LogP contribution in [0.4, 0.5) is 0 Å². The van der Waals surface area contributed by atoms with Gasteiger partial charge in [-0.1, -0.05) is 50.2 Å². The number of nitrogens with two attached hydrogens (primary N) is 1. The summed E-state index contributed by atoms with van der Waals surface area (Å²) in [7, 11) is 0. The molecule has 2 aromatic carbocycles. The highest BCUT2D eigenvalue weighted by Gasteiger charge is 2.33. The van der Waals surface area contributed by atoms with Crippen molar-refractivity contribution in [2.75, 3.05) is 0 Å². The highest BCUT2D eigenvalue weighted by atomic mass is 14.7. The van der Waals surface area contributed by atoms with Gasteiger partial charge in [-0.2, -0.15) is 0 Å². The molecule has 0 spiro atoms. The SMILES string of the molecule is CC1c2c(ccc3ccccc23)C(N)C1C. The Labute approximate surface area is 96.3 Å². The van der Waals surface area contributed by atoms with Crippen LogP contribution in [-0.2, 0) is 0 Å². The van der Waals surface area contributed by atoms with Crippen molar-refractivity contribution in [3.05, 3.63) is 47.5 Å². The Morgan fingerprint density at radius 3 is 2.56 bits per heavy atom. The fraction of sp³-hybridized carbons (Fsp3) is 0.333. The topological polar surface area (TPSA) is 26.0 Å². The van der Waals surface area contributed by atoms with E-state index in [1.165, 1.54) is 21.9 Å². The maximum Gasteiger partial charge on any atom is 0.0329 e. The number of fused-ring (bicyclic) bond motifs is 3. The zero-order chi connectivity index (χ0) is 11.3. The molecule has 0 bridgehead atoms. The summed E-state index contributed by atoms with van der Waals surface area (Å²) in [4.78, 5) is 0. The van der Waals surface area contributed by atoms with E-state index in [4.69, 9.17) is 5.73 Å². The molecule has 16 heavy (non-hydrogen) atoms. The van der Waals surface area contributed by atoms with Crippen molar-refractivity contribution < 1.29 is 0 Å². The van der Waals surface area contributed by atoms with E-state index < -0.39 is 0 Å². The monoisotopic (exact) mass is 211 g/mol. The first-order valence-electron chi connectivity index (χ1n) is 5.97. The predicted molar refractivity (Wildman–Crippen MR) is 68.5 cm³/mol. The van der Waals surface area contributed by atoms with Crippen molar-refractivity contribution in [1.82, 2.24) is 0 Å². The molecule has 1 nitrogen and oxygen atoms in total. The third-order valence-corrected chi connectivity index (χ3v) is 4.17. The van der Waals surface area contributed by atoms with Gasteiger partial charge >= 0.3 is 0 Å². The molecule has 3 atom stereocenters. The first-order chi connectivity index (χ1) is 7.70. The maximum atomic E-state index is 6.27. The normalized spacial score (nSPS) is 28.3. The van der Waals surface area contributed by atoms with Crippen LogP contribution in [-0.4, -0.2) is 0 Å². The Kier molecular flexibility index (Phi) is 2.05. The lowest BCUT2D eigenvalue weighted by atomic mass is 9.92. The molecular weight excluding hydrogens is 194 g/mol. The van der Waals surface area contributed by atoms with Crippen molar-refractivity contribution in [3.8, 4) is 0 Å². The first kappa shape index (κ1) is 9.86. The van der Waals surface area contributed by atoms with Crippen LogP contribution in [0.3, 0.4) is 0 Å². The second-order valence-corrected chi connectivity index (χ2v) is 4.96. The van der Waals surface area contributed by atoms with E-state index in [1.54, 1.807) is 0 Å². The summed E-state index contributed by atoms with van der Waals surface area (Å²) in [5.74, 6) is 1.11. The number of benzene rings is 2. The fourth-order valence-corrected chi connectivity index (χ4v) is 2.97. The molecule has 1 aliphatic carbocycles. The largest absolute Gasteiger partial charge is 0.324 e. The van der Waals surface area contributed by atoms with Crippen molar-refractivity contribution in [3.63, 3.8) is 0 Å². The predicted octanol–water partition coefficient (Wildman–Crippen LogP) is 3.59. The van der Waals surface area contributed by atoms with Crippen LogP contribution in [0.5, 0.6) is 0 Å². The molecule has 1 aliphatic rings. The number of rotatable bonds is 0. The van der Waals surface area contributed by atoms with E-state index in [0.717, 1.165) is 0 Å². The van der Waals surface area contributed by atoms with E-state index in [0.29, 0.717) is 11.8 Å². The third-order valence-electron chi connectivity index (χ3n) is 4.17. The summed E-state index contributed by atoms with van der Waals surface area (Å²) >= 11 is 0. The molecule has 1 heteroatoms. The summed E-state index contributed by atoms with van der Waals surface area (Å²) in [6, 6.07) is 13.2. The minimum Gasteiger partial charge on any atom is -0.324 e. The lowest BCUT2D eigenvalue weighted by Gasteiger charge is -2.13. The number of hydrogen-bond acceptors (Lipinski definition) is 1. The van der Waals surface area contributed by atoms with Crippen molar-refractivity contribution in [2.24, 2.45) is 11.7 Å². The van der Waals surface area contributed by atoms with Crippen LogP contribution in [0.2, 0.25) is 0 Å². The van der Waals surface area contributed by atoms with E-state index in [2.05, 4.69) is 50.2 Å². The third kappa shape index (κ3) is 1.15. The highest BCUT2D eigenvalue weighted by molar-refractivity contribution is 5.88. The molecule has 3 rings (SSSR count). The molecule has 0 saturated carbocycles. The van der Waals surface area contributed by atoms with E-state index in [-0.39, 0.29) is 6.04 Å². The summed E-state index contributed by atoms with van der Waals surface area (Å²) in [5.41, 5.74) is 9.09. The zero-order valence-electron chi connectivity index (χ0n) is 9.77. The summed E-state index contributed by atoms with van der Waals surface area (Å²) in [6.45, 7) is 4.55. The van der Waals surface area contributed by atoms with Gasteiger partial charge in [-0.3, -0.25) is 0 Å². The van der Waals surface area contributed by atoms with Crippen LogP contribution >= 0.6 is 0 Å². The van der Waals surface area contributed by atoms with Crippen LogP contribution in [0, 0.1) is 5.92 Å². The lowest BCUT2D eigenvalue weighted by molar-refractivity contribution is 0.451. The average Bonchev–Trinajstić information content (AvgIpc) is 2.55. The van der Waals surface area contributed by atoms with Gasteiger partial charge < -0.3 is 5.73 Å². The molecule has 82 valence electrons. The highest BCUT2D eigenvalue weighted by Crippen LogP contribution is 2.46. The van der Waals surface area contributed by atoms with Gasteiger partial charge in [-0.05, 0) is 33.7 Å². The van der Waals surface area contributed by atoms with Crippen molar-refractivity contribution in [1.29, 1.82) is 0 Å². The molecule has 3 unspecified atom stereocenters. The van der Waals surface area contributed by atoms with E-state index in [9.17, 15) is 0 Å². The van der Waals surface area contributed by atoms with Crippen LogP contribution in [0.25, 0.3) is 10.8 Å². The molecule has 2 N–H and O–H groups in total. The molecule has 2 aromatic rings. The summed E-state index contributed by atoms with van der Waals surface area (Å²) in [5, 5.41) is 2.71. The molecule has 0 fully saturated rings. The second kappa shape index (κ2) is 3.33. The van der Waals surface area contributed by atoms with Gasteiger partial charge in [0.25, 0.3) is 0 Å². The fourth-order valence-electron chi connectivity index (χ4n) is 2.97. The van der Waals surface area contributed by atoms with Crippen LogP contribution in [0.1, 0.15) is 36.9 Å². The Balaban J connectivity index is 2.36. The molecule has 0 aromatic heterocycles. The number of hydrogen-bond donors (Lipinski definition) is 1. The van der Waals surface area contributed by atoms with Gasteiger partial charge in [-0.25, -0.2) is 0 Å². The molecule has 0 aliphatic heterocycles. The lowest BCUT2D eigenvalue weighted by Crippen LogP contribution is -2.14. The van der Waals surface area contributed by atoms with Gasteiger partial charge in [0.15, 0.2) is 0 Å². The Bertz CT molecular complexity index is 544. The average molecular weight is 211 g/mol. The smallest absolute Gasteiger partial charge is 0.0329 e. The van der Waals surface area contributed by atoms with Gasteiger partial charge in [0.2, 0.25) is 0 Å². The van der Waals surface area contributed by atoms with E-state index in [1.807, 2.05) is 0 Å². The Hall–Kier alpha value is -1.34. The quantitative estimate of drug-likeness (QED) is 0.708. The van der Waals surface area contributed by atoms with Gasteiger partial charge in [0.05, 0.1) is 0 Å². The van der Waals surface area contributed by atoms with Crippen LogP contribution in [0.15, 0.2) is 36.4 Å². The van der Waals surface area contributed by atoms with Gasteiger partial charge in [0.1, 0.15) is 0 Å². The maximum absolute atomic E-state index is 6.27. The molecule has 0 amide bonds. The zero-order valence-corrected chi connectivity index (χ0v) is 9.77. The second-order valence-electron chi connectivity index (χ2n) is 4.96. The molecule has 0 saturated heterocycles.